The summed E-state index contributed by atoms with van der Waals surface area (Å²) in [6.07, 6.45) is 1.54. The van der Waals surface area contributed by atoms with Crippen LogP contribution in [0.2, 0.25) is 0 Å². The SMILES string of the molecule is O=[N+]([O-])c1ccc(/C=N/NC(=S)Nc2cccc3ccccc23)cc1. The number of nitrogens with one attached hydrogen (secondary N) is 2. The van der Waals surface area contributed by atoms with Crippen LogP contribution in [0.25, 0.3) is 10.8 Å². The molecule has 25 heavy (non-hydrogen) atoms. The van der Waals surface area contributed by atoms with Crippen LogP contribution < -0.4 is 10.7 Å². The third-order valence-corrected chi connectivity index (χ3v) is 3.71. The molecule has 0 saturated carbocycles. The third kappa shape index (κ3) is 4.15. The highest BCUT2D eigenvalue weighted by Crippen LogP contribution is 2.22. The lowest BCUT2D eigenvalue weighted by Gasteiger charge is -2.10. The van der Waals surface area contributed by atoms with Gasteiger partial charge in [-0.05, 0) is 41.4 Å². The minimum absolute atomic E-state index is 0.0400. The number of fused-ring (bicyclic) bond motifs is 1. The lowest BCUT2D eigenvalue weighted by atomic mass is 10.1. The van der Waals surface area contributed by atoms with Gasteiger partial charge in [-0.2, -0.15) is 5.10 Å². The molecule has 2 N–H and O–H groups in total. The second-order valence-electron chi connectivity index (χ2n) is 5.20. The van der Waals surface area contributed by atoms with Crippen molar-refractivity contribution >= 4 is 45.7 Å². The van der Waals surface area contributed by atoms with E-state index < -0.39 is 4.92 Å². The van der Waals surface area contributed by atoms with Gasteiger partial charge in [0, 0.05) is 23.2 Å². The summed E-state index contributed by atoms with van der Waals surface area (Å²) >= 11 is 5.24. The van der Waals surface area contributed by atoms with E-state index in [9.17, 15) is 10.1 Å². The highest BCUT2D eigenvalue weighted by Gasteiger charge is 2.03. The Labute approximate surface area is 149 Å². The minimum Gasteiger partial charge on any atom is -0.331 e. The Hall–Kier alpha value is -3.32. The number of hydrogen-bond acceptors (Lipinski definition) is 4. The van der Waals surface area contributed by atoms with Gasteiger partial charge in [-0.1, -0.05) is 36.4 Å². The summed E-state index contributed by atoms with van der Waals surface area (Å²) in [7, 11) is 0. The number of nitro groups is 1. The van der Waals surface area contributed by atoms with Crippen LogP contribution in [0.15, 0.2) is 71.8 Å². The Morgan fingerprint density at radius 3 is 2.52 bits per heavy atom. The molecule has 124 valence electrons. The predicted octanol–water partition coefficient (Wildman–Crippen LogP) is 4.07. The van der Waals surface area contributed by atoms with Crippen molar-refractivity contribution in [3.05, 3.63) is 82.4 Å². The zero-order chi connectivity index (χ0) is 17.6. The van der Waals surface area contributed by atoms with Crippen molar-refractivity contribution in [2.24, 2.45) is 5.10 Å². The van der Waals surface area contributed by atoms with E-state index in [2.05, 4.69) is 15.8 Å². The van der Waals surface area contributed by atoms with Crippen LogP contribution >= 0.6 is 12.2 Å². The zero-order valence-corrected chi connectivity index (χ0v) is 13.9. The summed E-state index contributed by atoms with van der Waals surface area (Å²) in [6.45, 7) is 0. The Kier molecular flexibility index (Phi) is 4.96. The van der Waals surface area contributed by atoms with Crippen LogP contribution in [0, 0.1) is 10.1 Å². The van der Waals surface area contributed by atoms with Gasteiger partial charge in [0.15, 0.2) is 5.11 Å². The fourth-order valence-electron chi connectivity index (χ4n) is 2.33. The standard InChI is InChI=1S/C18H14N4O2S/c23-22(24)15-10-8-13(9-11-15)12-19-21-18(25)20-17-7-3-5-14-4-1-2-6-16(14)17/h1-12H,(H2,20,21,25)/b19-12+. The fourth-order valence-corrected chi connectivity index (χ4v) is 2.49. The number of nitrogens with zero attached hydrogens (tertiary/aromatic N) is 2. The summed E-state index contributed by atoms with van der Waals surface area (Å²) in [6, 6.07) is 20.0. The van der Waals surface area contributed by atoms with E-state index in [0.717, 1.165) is 22.0 Å². The lowest BCUT2D eigenvalue weighted by molar-refractivity contribution is -0.384. The first-order valence-corrected chi connectivity index (χ1v) is 7.86. The third-order valence-electron chi connectivity index (χ3n) is 3.52. The molecule has 0 spiro atoms. The Bertz CT molecular complexity index is 949. The van der Waals surface area contributed by atoms with Crippen molar-refractivity contribution in [2.75, 3.05) is 5.32 Å². The van der Waals surface area contributed by atoms with Gasteiger partial charge in [0.1, 0.15) is 0 Å². The van der Waals surface area contributed by atoms with Crippen LogP contribution in [0.3, 0.4) is 0 Å². The maximum atomic E-state index is 10.6. The van der Waals surface area contributed by atoms with E-state index in [4.69, 9.17) is 12.2 Å². The zero-order valence-electron chi connectivity index (χ0n) is 13.0. The maximum absolute atomic E-state index is 10.6. The summed E-state index contributed by atoms with van der Waals surface area (Å²) in [4.78, 5) is 10.2. The number of benzene rings is 3. The second kappa shape index (κ2) is 7.50. The smallest absolute Gasteiger partial charge is 0.269 e. The number of nitro benzene ring substituents is 1. The van der Waals surface area contributed by atoms with Crippen molar-refractivity contribution in [1.82, 2.24) is 5.43 Å². The summed E-state index contributed by atoms with van der Waals surface area (Å²) in [5.41, 5.74) is 4.40. The lowest BCUT2D eigenvalue weighted by Crippen LogP contribution is -2.23. The number of rotatable bonds is 4. The molecule has 0 radical (unpaired) electrons. The number of thiocarbonyl (C=S) groups is 1. The van der Waals surface area contributed by atoms with Crippen molar-refractivity contribution in [2.45, 2.75) is 0 Å². The first-order valence-electron chi connectivity index (χ1n) is 7.46. The van der Waals surface area contributed by atoms with Crippen molar-refractivity contribution in [3.8, 4) is 0 Å². The number of hydrogen-bond donors (Lipinski definition) is 2. The molecule has 0 amide bonds. The van der Waals surface area contributed by atoms with Gasteiger partial charge in [0.2, 0.25) is 0 Å². The molecule has 0 aliphatic rings. The molecule has 0 atom stereocenters. The van der Waals surface area contributed by atoms with Gasteiger partial charge in [-0.15, -0.1) is 0 Å². The molecule has 0 aliphatic carbocycles. The summed E-state index contributed by atoms with van der Waals surface area (Å²) in [5, 5.41) is 20.3. The van der Waals surface area contributed by atoms with E-state index in [1.54, 1.807) is 18.3 Å². The highest BCUT2D eigenvalue weighted by atomic mass is 32.1. The maximum Gasteiger partial charge on any atom is 0.269 e. The highest BCUT2D eigenvalue weighted by molar-refractivity contribution is 7.80. The normalized spacial score (nSPS) is 10.7. The predicted molar refractivity (Wildman–Crippen MR) is 104 cm³/mol. The van der Waals surface area contributed by atoms with Gasteiger partial charge in [-0.3, -0.25) is 15.5 Å². The largest absolute Gasteiger partial charge is 0.331 e. The van der Waals surface area contributed by atoms with E-state index in [0.29, 0.717) is 5.11 Å². The Balaban J connectivity index is 1.63. The van der Waals surface area contributed by atoms with Gasteiger partial charge >= 0.3 is 0 Å². The molecule has 0 aliphatic heterocycles. The molecule has 0 bridgehead atoms. The second-order valence-corrected chi connectivity index (χ2v) is 5.61. The van der Waals surface area contributed by atoms with Crippen LogP contribution in [-0.2, 0) is 0 Å². The van der Waals surface area contributed by atoms with E-state index in [1.807, 2.05) is 42.5 Å². The summed E-state index contributed by atoms with van der Waals surface area (Å²) < 4.78 is 0. The molecule has 3 rings (SSSR count). The number of hydrazone groups is 1. The van der Waals surface area contributed by atoms with Gasteiger partial charge < -0.3 is 5.32 Å². The van der Waals surface area contributed by atoms with Gasteiger partial charge in [0.05, 0.1) is 11.1 Å². The number of anilines is 1. The van der Waals surface area contributed by atoms with E-state index >= 15 is 0 Å². The van der Waals surface area contributed by atoms with E-state index in [-0.39, 0.29) is 5.69 Å². The molecule has 0 saturated heterocycles. The monoisotopic (exact) mass is 350 g/mol. The van der Waals surface area contributed by atoms with Crippen LogP contribution in [0.1, 0.15) is 5.56 Å². The first-order chi connectivity index (χ1) is 12.1. The number of non-ortho nitro benzene ring substituents is 1. The minimum atomic E-state index is -0.442. The Morgan fingerprint density at radius 1 is 1.04 bits per heavy atom. The van der Waals surface area contributed by atoms with Crippen LogP contribution in [0.5, 0.6) is 0 Å². The Morgan fingerprint density at radius 2 is 1.76 bits per heavy atom. The summed E-state index contributed by atoms with van der Waals surface area (Å²) in [5.74, 6) is 0. The van der Waals surface area contributed by atoms with Gasteiger partial charge in [-0.25, -0.2) is 0 Å². The quantitative estimate of drug-likeness (QED) is 0.321. The first kappa shape index (κ1) is 16.5. The topological polar surface area (TPSA) is 79.6 Å². The van der Waals surface area contributed by atoms with Gasteiger partial charge in [0.25, 0.3) is 5.69 Å². The molecule has 3 aromatic rings. The molecule has 0 aromatic heterocycles. The molecule has 6 nitrogen and oxygen atoms in total. The molecule has 0 unspecified atom stereocenters. The molecule has 0 heterocycles. The van der Waals surface area contributed by atoms with Crippen LogP contribution in [0.4, 0.5) is 11.4 Å². The van der Waals surface area contributed by atoms with Crippen molar-refractivity contribution in [3.63, 3.8) is 0 Å². The molecule has 0 fully saturated rings. The van der Waals surface area contributed by atoms with Crippen molar-refractivity contribution in [1.29, 1.82) is 0 Å². The van der Waals surface area contributed by atoms with E-state index in [1.165, 1.54) is 12.1 Å². The molecule has 7 heteroatoms. The fraction of sp³-hybridized carbons (Fsp3) is 0. The average molecular weight is 350 g/mol. The van der Waals surface area contributed by atoms with Crippen molar-refractivity contribution < 1.29 is 4.92 Å². The molecular weight excluding hydrogens is 336 g/mol. The molecule has 3 aromatic carbocycles. The average Bonchev–Trinajstić information content (AvgIpc) is 2.62. The van der Waals surface area contributed by atoms with Crippen LogP contribution in [-0.4, -0.2) is 16.3 Å². The molecular formula is C18H14N4O2S.